The fourth-order valence-electron chi connectivity index (χ4n) is 1.99. The number of carbonyl (C=O) groups is 2. The van der Waals surface area contributed by atoms with E-state index in [2.05, 4.69) is 33.7 Å². The molecule has 0 atom stereocenters. The number of hydrazine groups is 1. The fraction of sp³-hybridized carbons (Fsp3) is 0.222. The van der Waals surface area contributed by atoms with Gasteiger partial charge in [0.05, 0.1) is 9.50 Å². The lowest BCUT2D eigenvalue weighted by Gasteiger charge is -2.12. The van der Waals surface area contributed by atoms with Gasteiger partial charge in [-0.3, -0.25) is 20.4 Å². The molecular formula is C18H17BrCl2N2O4. The van der Waals surface area contributed by atoms with E-state index < -0.39 is 11.8 Å². The van der Waals surface area contributed by atoms with Crippen molar-refractivity contribution in [3.05, 3.63) is 56.5 Å². The summed E-state index contributed by atoms with van der Waals surface area (Å²) >= 11 is 15.1. The van der Waals surface area contributed by atoms with Crippen LogP contribution in [0.3, 0.4) is 0 Å². The number of hydrogen-bond donors (Lipinski definition) is 2. The van der Waals surface area contributed by atoms with E-state index in [4.69, 9.17) is 32.7 Å². The summed E-state index contributed by atoms with van der Waals surface area (Å²) in [7, 11) is 0. The van der Waals surface area contributed by atoms with E-state index >= 15 is 0 Å². The van der Waals surface area contributed by atoms with Crippen LogP contribution in [0.2, 0.25) is 10.0 Å². The third-order valence-electron chi connectivity index (χ3n) is 3.35. The number of hydrogen-bond acceptors (Lipinski definition) is 4. The molecule has 144 valence electrons. The molecule has 2 rings (SSSR count). The maximum atomic E-state index is 11.8. The molecular weight excluding hydrogens is 459 g/mol. The average molecular weight is 476 g/mol. The predicted octanol–water partition coefficient (Wildman–Crippen LogP) is 3.92. The molecule has 2 N–H and O–H groups in total. The minimum atomic E-state index is -0.562. The van der Waals surface area contributed by atoms with Gasteiger partial charge < -0.3 is 9.47 Å². The largest absolute Gasteiger partial charge is 0.484 e. The molecule has 2 aromatic rings. The lowest BCUT2D eigenvalue weighted by atomic mass is 10.2. The maximum Gasteiger partial charge on any atom is 0.276 e. The number of amides is 2. The topological polar surface area (TPSA) is 76.7 Å². The van der Waals surface area contributed by atoms with Gasteiger partial charge in [-0.1, -0.05) is 42.3 Å². The van der Waals surface area contributed by atoms with Crippen molar-refractivity contribution in [3.63, 3.8) is 0 Å². The van der Waals surface area contributed by atoms with Gasteiger partial charge in [-0.15, -0.1) is 0 Å². The minimum absolute atomic E-state index is 0.235. The molecule has 0 bridgehead atoms. The molecule has 6 nitrogen and oxygen atoms in total. The standard InChI is InChI=1S/C18H17BrCl2N2O4/c1-2-11-3-5-13(6-4-11)26-9-16(24)22-23-17(25)10-27-18-14(19)7-12(20)8-15(18)21/h3-8H,2,9-10H2,1H3,(H,22,24)(H,23,25). The number of carbonyl (C=O) groups excluding carboxylic acids is 2. The summed E-state index contributed by atoms with van der Waals surface area (Å²) in [5, 5.41) is 0.689. The third kappa shape index (κ3) is 6.93. The van der Waals surface area contributed by atoms with E-state index in [9.17, 15) is 9.59 Å². The van der Waals surface area contributed by atoms with Gasteiger partial charge in [0.1, 0.15) is 5.75 Å². The number of rotatable bonds is 7. The van der Waals surface area contributed by atoms with Crippen LogP contribution in [0.1, 0.15) is 12.5 Å². The summed E-state index contributed by atoms with van der Waals surface area (Å²) in [6, 6.07) is 10.5. The van der Waals surface area contributed by atoms with Crippen LogP contribution in [0, 0.1) is 0 Å². The Morgan fingerprint density at radius 1 is 1.00 bits per heavy atom. The quantitative estimate of drug-likeness (QED) is 0.595. The highest BCUT2D eigenvalue weighted by atomic mass is 79.9. The van der Waals surface area contributed by atoms with Crippen molar-refractivity contribution in [2.24, 2.45) is 0 Å². The molecule has 0 spiro atoms. The Morgan fingerprint density at radius 3 is 2.15 bits per heavy atom. The van der Waals surface area contributed by atoms with E-state index in [1.807, 2.05) is 12.1 Å². The number of ether oxygens (including phenoxy) is 2. The Hall–Kier alpha value is -1.96. The van der Waals surface area contributed by atoms with Gasteiger partial charge in [0.2, 0.25) is 0 Å². The molecule has 0 unspecified atom stereocenters. The highest BCUT2D eigenvalue weighted by Gasteiger charge is 2.12. The van der Waals surface area contributed by atoms with Gasteiger partial charge in [0.25, 0.3) is 11.8 Å². The average Bonchev–Trinajstić information content (AvgIpc) is 2.64. The van der Waals surface area contributed by atoms with E-state index in [0.29, 0.717) is 15.2 Å². The molecule has 27 heavy (non-hydrogen) atoms. The zero-order valence-electron chi connectivity index (χ0n) is 14.4. The van der Waals surface area contributed by atoms with Gasteiger partial charge >= 0.3 is 0 Å². The fourth-order valence-corrected chi connectivity index (χ4v) is 3.35. The molecule has 0 aliphatic rings. The monoisotopic (exact) mass is 474 g/mol. The maximum absolute atomic E-state index is 11.8. The molecule has 0 radical (unpaired) electrons. The molecule has 2 amide bonds. The van der Waals surface area contributed by atoms with Crippen LogP contribution in [-0.2, 0) is 16.0 Å². The highest BCUT2D eigenvalue weighted by molar-refractivity contribution is 9.10. The molecule has 0 saturated heterocycles. The van der Waals surface area contributed by atoms with Crippen molar-refractivity contribution < 1.29 is 19.1 Å². The zero-order valence-corrected chi connectivity index (χ0v) is 17.5. The number of halogens is 3. The first-order valence-electron chi connectivity index (χ1n) is 7.95. The Morgan fingerprint density at radius 2 is 1.59 bits per heavy atom. The molecule has 0 aromatic heterocycles. The van der Waals surface area contributed by atoms with E-state index in [1.54, 1.807) is 18.2 Å². The van der Waals surface area contributed by atoms with Crippen LogP contribution in [0.25, 0.3) is 0 Å². The number of aryl methyl sites for hydroxylation is 1. The lowest BCUT2D eigenvalue weighted by Crippen LogP contribution is -2.45. The normalized spacial score (nSPS) is 10.2. The summed E-state index contributed by atoms with van der Waals surface area (Å²) in [6.07, 6.45) is 0.923. The van der Waals surface area contributed by atoms with Gasteiger partial charge in [-0.2, -0.15) is 0 Å². The Balaban J connectivity index is 1.72. The Labute approximate surface area is 175 Å². The van der Waals surface area contributed by atoms with Crippen molar-refractivity contribution >= 4 is 50.9 Å². The first-order chi connectivity index (χ1) is 12.9. The smallest absolute Gasteiger partial charge is 0.276 e. The number of nitrogens with one attached hydrogen (secondary N) is 2. The Bertz CT molecular complexity index is 793. The van der Waals surface area contributed by atoms with Crippen molar-refractivity contribution in [1.82, 2.24) is 10.9 Å². The molecule has 0 heterocycles. The summed E-state index contributed by atoms with van der Waals surface area (Å²) in [5.41, 5.74) is 5.64. The SMILES string of the molecule is CCc1ccc(OCC(=O)NNC(=O)COc2c(Cl)cc(Cl)cc2Br)cc1. The van der Waals surface area contributed by atoms with Gasteiger partial charge in [0.15, 0.2) is 19.0 Å². The first kappa shape index (κ1) is 21.3. The lowest BCUT2D eigenvalue weighted by molar-refractivity contribution is -0.131. The molecule has 2 aromatic carbocycles. The van der Waals surface area contributed by atoms with Crippen LogP contribution in [0.4, 0.5) is 0 Å². The first-order valence-corrected chi connectivity index (χ1v) is 9.50. The Kier molecular flexibility index (Phi) is 8.22. The minimum Gasteiger partial charge on any atom is -0.484 e. The van der Waals surface area contributed by atoms with Gasteiger partial charge in [-0.25, -0.2) is 0 Å². The van der Waals surface area contributed by atoms with Crippen molar-refractivity contribution in [1.29, 1.82) is 0 Å². The number of benzene rings is 2. The second-order valence-corrected chi connectivity index (χ2v) is 7.07. The van der Waals surface area contributed by atoms with Crippen LogP contribution in [0.5, 0.6) is 11.5 Å². The second kappa shape index (κ2) is 10.4. The van der Waals surface area contributed by atoms with Crippen LogP contribution < -0.4 is 20.3 Å². The predicted molar refractivity (Wildman–Crippen MR) is 107 cm³/mol. The van der Waals surface area contributed by atoms with Gasteiger partial charge in [-0.05, 0) is 52.2 Å². The van der Waals surface area contributed by atoms with Crippen molar-refractivity contribution in [2.75, 3.05) is 13.2 Å². The second-order valence-electron chi connectivity index (χ2n) is 5.37. The van der Waals surface area contributed by atoms with Crippen LogP contribution in [0.15, 0.2) is 40.9 Å². The van der Waals surface area contributed by atoms with Crippen LogP contribution >= 0.6 is 39.1 Å². The summed E-state index contributed by atoms with van der Waals surface area (Å²) < 4.78 is 11.2. The van der Waals surface area contributed by atoms with Gasteiger partial charge in [0, 0.05) is 5.02 Å². The molecule has 0 saturated carbocycles. The highest BCUT2D eigenvalue weighted by Crippen LogP contribution is 2.35. The van der Waals surface area contributed by atoms with E-state index in [-0.39, 0.29) is 24.0 Å². The summed E-state index contributed by atoms with van der Waals surface area (Å²) in [6.45, 7) is 1.47. The molecule has 0 aliphatic heterocycles. The molecule has 9 heteroatoms. The van der Waals surface area contributed by atoms with E-state index in [1.165, 1.54) is 11.6 Å². The molecule has 0 aliphatic carbocycles. The van der Waals surface area contributed by atoms with Crippen molar-refractivity contribution in [3.8, 4) is 11.5 Å². The molecule has 0 fully saturated rings. The summed E-state index contributed by atoms with van der Waals surface area (Å²) in [4.78, 5) is 23.5. The third-order valence-corrected chi connectivity index (χ3v) is 4.44. The summed E-state index contributed by atoms with van der Waals surface area (Å²) in [5.74, 6) is -0.220. The van der Waals surface area contributed by atoms with Crippen molar-refractivity contribution in [2.45, 2.75) is 13.3 Å². The zero-order chi connectivity index (χ0) is 19.8. The van der Waals surface area contributed by atoms with E-state index in [0.717, 1.165) is 6.42 Å². The van der Waals surface area contributed by atoms with Crippen LogP contribution in [-0.4, -0.2) is 25.0 Å².